The number of ketones is 2. The number of carbonyl (C=O) groups excluding carboxylic acids is 2. The van der Waals surface area contributed by atoms with E-state index in [1.54, 1.807) is 0 Å². The van der Waals surface area contributed by atoms with Crippen LogP contribution in [-0.4, -0.2) is 28.7 Å². The fourth-order valence-corrected chi connectivity index (χ4v) is 2.01. The quantitative estimate of drug-likeness (QED) is 0.478. The highest BCUT2D eigenvalue weighted by Crippen LogP contribution is 2.19. The SMILES string of the molecule is CSC(SC)C(=O)C(C)=O. The second-order valence-electron chi connectivity index (χ2n) is 1.72. The Morgan fingerprint density at radius 3 is 1.70 bits per heavy atom. The van der Waals surface area contributed by atoms with Gasteiger partial charge in [-0.05, 0) is 12.5 Å². The average Bonchev–Trinajstić information content (AvgIpc) is 1.90. The first-order valence-corrected chi connectivity index (χ1v) is 5.31. The molecule has 0 saturated carbocycles. The van der Waals surface area contributed by atoms with Gasteiger partial charge in [0.05, 0.1) is 0 Å². The minimum atomic E-state index is -0.353. The van der Waals surface area contributed by atoms with Crippen LogP contribution in [0, 0.1) is 0 Å². The highest BCUT2D eigenvalue weighted by Gasteiger charge is 2.19. The van der Waals surface area contributed by atoms with E-state index in [9.17, 15) is 9.59 Å². The summed E-state index contributed by atoms with van der Waals surface area (Å²) in [6.07, 6.45) is 3.64. The van der Waals surface area contributed by atoms with E-state index in [1.165, 1.54) is 30.4 Å². The maximum atomic E-state index is 10.9. The van der Waals surface area contributed by atoms with E-state index in [2.05, 4.69) is 0 Å². The summed E-state index contributed by atoms with van der Waals surface area (Å²) in [6.45, 7) is 1.31. The molecule has 4 heteroatoms. The zero-order chi connectivity index (χ0) is 8.15. The summed E-state index contributed by atoms with van der Waals surface area (Å²) >= 11 is 2.80. The molecule has 0 atom stereocenters. The van der Waals surface area contributed by atoms with Gasteiger partial charge < -0.3 is 0 Å². The fraction of sp³-hybridized carbons (Fsp3) is 0.667. The van der Waals surface area contributed by atoms with E-state index in [0.717, 1.165) is 0 Å². The zero-order valence-electron chi connectivity index (χ0n) is 6.21. The highest BCUT2D eigenvalue weighted by atomic mass is 32.2. The van der Waals surface area contributed by atoms with E-state index in [0.29, 0.717) is 0 Å². The monoisotopic (exact) mass is 178 g/mol. The first-order chi connectivity index (χ1) is 4.63. The van der Waals surface area contributed by atoms with Gasteiger partial charge in [-0.1, -0.05) is 0 Å². The molecule has 0 aromatic heterocycles. The Kier molecular flexibility index (Phi) is 4.81. The predicted octanol–water partition coefficient (Wildman–Crippen LogP) is 1.20. The van der Waals surface area contributed by atoms with Gasteiger partial charge >= 0.3 is 0 Å². The third kappa shape index (κ3) is 2.75. The van der Waals surface area contributed by atoms with Crippen molar-refractivity contribution in [3.63, 3.8) is 0 Å². The summed E-state index contributed by atoms with van der Waals surface area (Å²) in [6, 6.07) is 0. The maximum absolute atomic E-state index is 10.9. The van der Waals surface area contributed by atoms with Crippen LogP contribution in [0.1, 0.15) is 6.92 Å². The van der Waals surface area contributed by atoms with Crippen molar-refractivity contribution in [1.82, 2.24) is 0 Å². The zero-order valence-corrected chi connectivity index (χ0v) is 7.84. The second kappa shape index (κ2) is 4.79. The Balaban J connectivity index is 4.02. The summed E-state index contributed by atoms with van der Waals surface area (Å²) in [7, 11) is 0. The molecule has 0 bridgehead atoms. The molecule has 0 spiro atoms. The Labute approximate surface area is 69.1 Å². The minimum Gasteiger partial charge on any atom is -0.291 e. The number of thioether (sulfide) groups is 2. The average molecular weight is 178 g/mol. The largest absolute Gasteiger partial charge is 0.291 e. The normalized spacial score (nSPS) is 10.0. The first-order valence-electron chi connectivity index (χ1n) is 2.73. The molecule has 0 radical (unpaired) electrons. The molecule has 0 aliphatic heterocycles. The van der Waals surface area contributed by atoms with E-state index in [4.69, 9.17) is 0 Å². The van der Waals surface area contributed by atoms with E-state index >= 15 is 0 Å². The van der Waals surface area contributed by atoms with Crippen LogP contribution in [-0.2, 0) is 9.59 Å². The first kappa shape index (κ1) is 10.0. The highest BCUT2D eigenvalue weighted by molar-refractivity contribution is 8.17. The summed E-state index contributed by atoms with van der Waals surface area (Å²) in [5.74, 6) is -0.645. The standard InChI is InChI=1S/C6H10O2S2/c1-4(7)5(8)6(9-2)10-3/h6H,1-3H3. The van der Waals surface area contributed by atoms with Gasteiger partial charge in [-0.3, -0.25) is 9.59 Å². The number of carbonyl (C=O) groups is 2. The van der Waals surface area contributed by atoms with Crippen LogP contribution in [0.4, 0.5) is 0 Å². The van der Waals surface area contributed by atoms with Crippen LogP contribution in [0.5, 0.6) is 0 Å². The molecule has 0 aliphatic rings. The van der Waals surface area contributed by atoms with Crippen LogP contribution >= 0.6 is 23.5 Å². The second-order valence-corrected chi connectivity index (χ2v) is 3.91. The van der Waals surface area contributed by atoms with Crippen LogP contribution in [0.25, 0.3) is 0 Å². The smallest absolute Gasteiger partial charge is 0.220 e. The molecule has 0 rings (SSSR count). The van der Waals surface area contributed by atoms with Crippen LogP contribution < -0.4 is 0 Å². The van der Waals surface area contributed by atoms with Gasteiger partial charge in [-0.15, -0.1) is 23.5 Å². The molecule has 0 aromatic rings. The van der Waals surface area contributed by atoms with Crippen molar-refractivity contribution >= 4 is 35.1 Å². The third-order valence-electron chi connectivity index (χ3n) is 0.989. The summed E-state index contributed by atoms with van der Waals surface area (Å²) in [4.78, 5) is 21.4. The molecule has 0 saturated heterocycles. The molecule has 0 aliphatic carbocycles. The molecule has 0 unspecified atom stereocenters. The van der Waals surface area contributed by atoms with Crippen molar-refractivity contribution in [1.29, 1.82) is 0 Å². The lowest BCUT2D eigenvalue weighted by Crippen LogP contribution is -2.20. The van der Waals surface area contributed by atoms with E-state index < -0.39 is 0 Å². The van der Waals surface area contributed by atoms with Gasteiger partial charge in [0.15, 0.2) is 5.78 Å². The molecule has 0 amide bonds. The van der Waals surface area contributed by atoms with Gasteiger partial charge in [0, 0.05) is 6.92 Å². The van der Waals surface area contributed by atoms with Crippen molar-refractivity contribution in [2.45, 2.75) is 11.5 Å². The van der Waals surface area contributed by atoms with Gasteiger partial charge in [0.1, 0.15) is 4.58 Å². The van der Waals surface area contributed by atoms with Crippen molar-refractivity contribution in [3.8, 4) is 0 Å². The van der Waals surface area contributed by atoms with Gasteiger partial charge in [0.25, 0.3) is 0 Å². The minimum absolute atomic E-state index is 0.211. The summed E-state index contributed by atoms with van der Waals surface area (Å²) in [5.41, 5.74) is 0. The van der Waals surface area contributed by atoms with Crippen molar-refractivity contribution < 1.29 is 9.59 Å². The number of rotatable bonds is 4. The van der Waals surface area contributed by atoms with Crippen molar-refractivity contribution in [3.05, 3.63) is 0 Å². The Morgan fingerprint density at radius 2 is 1.60 bits per heavy atom. The Morgan fingerprint density at radius 1 is 1.20 bits per heavy atom. The van der Waals surface area contributed by atoms with Gasteiger partial charge in [0.2, 0.25) is 5.78 Å². The predicted molar refractivity (Wildman–Crippen MR) is 46.5 cm³/mol. The van der Waals surface area contributed by atoms with Gasteiger partial charge in [-0.2, -0.15) is 0 Å². The number of hydrogen-bond acceptors (Lipinski definition) is 4. The van der Waals surface area contributed by atoms with E-state index in [-0.39, 0.29) is 16.1 Å². The van der Waals surface area contributed by atoms with Gasteiger partial charge in [-0.25, -0.2) is 0 Å². The molecule has 0 fully saturated rings. The Hall–Kier alpha value is 0.0400. The lowest BCUT2D eigenvalue weighted by molar-refractivity contribution is -0.134. The number of Topliss-reactive ketones (excluding diaryl/α,β-unsaturated/α-hetero) is 2. The molecule has 58 valence electrons. The topological polar surface area (TPSA) is 34.1 Å². The molecule has 2 nitrogen and oxygen atoms in total. The lowest BCUT2D eigenvalue weighted by Gasteiger charge is -2.05. The lowest BCUT2D eigenvalue weighted by atomic mass is 10.3. The third-order valence-corrected chi connectivity index (χ3v) is 3.43. The summed E-state index contributed by atoms with van der Waals surface area (Å²) in [5, 5.41) is 0. The summed E-state index contributed by atoms with van der Waals surface area (Å²) < 4.78 is -0.211. The molecule has 0 aromatic carbocycles. The molecular formula is C6H10O2S2. The van der Waals surface area contributed by atoms with Crippen LogP contribution in [0.2, 0.25) is 0 Å². The van der Waals surface area contributed by atoms with Crippen molar-refractivity contribution in [2.75, 3.05) is 12.5 Å². The molecule has 0 heterocycles. The van der Waals surface area contributed by atoms with Crippen LogP contribution in [0.15, 0.2) is 0 Å². The maximum Gasteiger partial charge on any atom is 0.220 e. The molecular weight excluding hydrogens is 168 g/mol. The molecule has 0 N–H and O–H groups in total. The van der Waals surface area contributed by atoms with Crippen LogP contribution in [0.3, 0.4) is 0 Å². The number of hydrogen-bond donors (Lipinski definition) is 0. The Bertz CT molecular complexity index is 141. The van der Waals surface area contributed by atoms with E-state index in [1.807, 2.05) is 12.5 Å². The fourth-order valence-electron chi connectivity index (χ4n) is 0.476. The van der Waals surface area contributed by atoms with Crippen molar-refractivity contribution in [2.24, 2.45) is 0 Å². The molecule has 10 heavy (non-hydrogen) atoms.